The van der Waals surface area contributed by atoms with Gasteiger partial charge in [0.05, 0.1) is 12.0 Å². The summed E-state index contributed by atoms with van der Waals surface area (Å²) in [6.45, 7) is 0.510. The molecule has 132 valence electrons. The molecule has 0 aliphatic carbocycles. The van der Waals surface area contributed by atoms with Crippen molar-refractivity contribution in [1.29, 1.82) is 0 Å². The smallest absolute Gasteiger partial charge is 0.243 e. The first-order chi connectivity index (χ1) is 12.2. The van der Waals surface area contributed by atoms with Crippen LogP contribution in [0.25, 0.3) is 0 Å². The third-order valence-electron chi connectivity index (χ3n) is 4.14. The van der Waals surface area contributed by atoms with Crippen molar-refractivity contribution in [2.45, 2.75) is 24.8 Å². The molecule has 0 bridgehead atoms. The highest BCUT2D eigenvalue weighted by Gasteiger charge is 2.26. The van der Waals surface area contributed by atoms with Gasteiger partial charge in [-0.25, -0.2) is 0 Å². The normalized spacial score (nSPS) is 12.0. The molecule has 1 atom stereocenters. The van der Waals surface area contributed by atoms with E-state index in [0.717, 1.165) is 11.1 Å². The Bertz CT molecular complexity index is 634. The number of nitrogens with one attached hydrogen (secondary N) is 2. The number of amides is 2. The van der Waals surface area contributed by atoms with E-state index < -0.39 is 12.0 Å². The molecule has 4 N–H and O–H groups in total. The van der Waals surface area contributed by atoms with Gasteiger partial charge >= 0.3 is 0 Å². The lowest BCUT2D eigenvalue weighted by Crippen LogP contribution is -2.46. The lowest BCUT2D eigenvalue weighted by molar-refractivity contribution is -0.132. The number of imide groups is 1. The largest absolute Gasteiger partial charge is 0.330 e. The van der Waals surface area contributed by atoms with Crippen molar-refractivity contribution in [2.24, 2.45) is 5.73 Å². The molecule has 2 rings (SSSR count). The van der Waals surface area contributed by atoms with Crippen LogP contribution in [0.2, 0.25) is 0 Å². The molecule has 0 aromatic heterocycles. The number of likely N-dealkylation sites (N-methyl/N-ethyl adjacent to an activating group) is 1. The second kappa shape index (κ2) is 9.71. The van der Waals surface area contributed by atoms with Gasteiger partial charge in [0.1, 0.15) is 0 Å². The van der Waals surface area contributed by atoms with Gasteiger partial charge in [-0.2, -0.15) is 0 Å². The molecule has 5 heteroatoms. The van der Waals surface area contributed by atoms with E-state index in [1.165, 1.54) is 0 Å². The fraction of sp³-hybridized carbons (Fsp3) is 0.300. The fourth-order valence-electron chi connectivity index (χ4n) is 2.80. The topological polar surface area (TPSA) is 84.2 Å². The van der Waals surface area contributed by atoms with Crippen molar-refractivity contribution >= 4 is 11.8 Å². The van der Waals surface area contributed by atoms with E-state index in [0.29, 0.717) is 19.4 Å². The van der Waals surface area contributed by atoms with Crippen LogP contribution < -0.4 is 16.4 Å². The van der Waals surface area contributed by atoms with Crippen LogP contribution in [0.15, 0.2) is 60.7 Å². The van der Waals surface area contributed by atoms with Gasteiger partial charge in [-0.1, -0.05) is 60.7 Å². The van der Waals surface area contributed by atoms with Gasteiger partial charge < -0.3 is 11.1 Å². The Morgan fingerprint density at radius 3 is 1.88 bits per heavy atom. The van der Waals surface area contributed by atoms with Crippen LogP contribution in [-0.2, 0) is 9.59 Å². The summed E-state index contributed by atoms with van der Waals surface area (Å²) in [6.07, 6.45) is 1.31. The van der Waals surface area contributed by atoms with E-state index in [9.17, 15) is 9.59 Å². The van der Waals surface area contributed by atoms with E-state index in [1.807, 2.05) is 60.7 Å². The van der Waals surface area contributed by atoms with Crippen LogP contribution in [-0.4, -0.2) is 31.4 Å². The lowest BCUT2D eigenvalue weighted by atomic mass is 9.90. The molecule has 25 heavy (non-hydrogen) atoms. The van der Waals surface area contributed by atoms with Crippen LogP contribution in [0, 0.1) is 0 Å². The predicted molar refractivity (Wildman–Crippen MR) is 99.0 cm³/mol. The zero-order valence-corrected chi connectivity index (χ0v) is 14.4. The highest BCUT2D eigenvalue weighted by molar-refractivity contribution is 6.01. The van der Waals surface area contributed by atoms with Crippen molar-refractivity contribution in [3.8, 4) is 0 Å². The van der Waals surface area contributed by atoms with Gasteiger partial charge in [-0.3, -0.25) is 14.9 Å². The molecule has 0 spiro atoms. The third-order valence-corrected chi connectivity index (χ3v) is 4.14. The Balaban J connectivity index is 2.20. The molecule has 0 saturated heterocycles. The molecular formula is C20H25N3O2. The molecule has 2 aromatic carbocycles. The van der Waals surface area contributed by atoms with Gasteiger partial charge in [-0.05, 0) is 37.6 Å². The number of hydrogen-bond donors (Lipinski definition) is 3. The Hall–Kier alpha value is -2.50. The van der Waals surface area contributed by atoms with Crippen LogP contribution in [0.5, 0.6) is 0 Å². The van der Waals surface area contributed by atoms with E-state index in [4.69, 9.17) is 5.73 Å². The van der Waals surface area contributed by atoms with Gasteiger partial charge in [-0.15, -0.1) is 0 Å². The minimum absolute atomic E-state index is 0.321. The summed E-state index contributed by atoms with van der Waals surface area (Å²) in [7, 11) is 1.71. The van der Waals surface area contributed by atoms with Crippen molar-refractivity contribution in [1.82, 2.24) is 10.6 Å². The molecule has 2 aromatic rings. The maximum absolute atomic E-state index is 12.9. The van der Waals surface area contributed by atoms with E-state index in [1.54, 1.807) is 7.05 Å². The maximum Gasteiger partial charge on any atom is 0.243 e. The molecule has 0 aliphatic heterocycles. The molecule has 0 heterocycles. The Kier molecular flexibility index (Phi) is 7.32. The van der Waals surface area contributed by atoms with Gasteiger partial charge in [0.25, 0.3) is 0 Å². The maximum atomic E-state index is 12.9. The summed E-state index contributed by atoms with van der Waals surface area (Å²) in [6, 6.07) is 18.5. The van der Waals surface area contributed by atoms with Crippen LogP contribution in [0.4, 0.5) is 0 Å². The highest BCUT2D eigenvalue weighted by Crippen LogP contribution is 2.24. The quantitative estimate of drug-likeness (QED) is 0.684. The average Bonchev–Trinajstić information content (AvgIpc) is 2.64. The summed E-state index contributed by atoms with van der Waals surface area (Å²) in [4.78, 5) is 25.3. The summed E-state index contributed by atoms with van der Waals surface area (Å²) in [5.74, 6) is -1.17. The van der Waals surface area contributed by atoms with Gasteiger partial charge in [0.2, 0.25) is 11.8 Å². The Morgan fingerprint density at radius 1 is 0.920 bits per heavy atom. The second-order valence-corrected chi connectivity index (χ2v) is 5.88. The van der Waals surface area contributed by atoms with Gasteiger partial charge in [0, 0.05) is 0 Å². The van der Waals surface area contributed by atoms with Crippen molar-refractivity contribution in [3.05, 3.63) is 71.8 Å². The van der Waals surface area contributed by atoms with Crippen molar-refractivity contribution < 1.29 is 9.59 Å². The minimum atomic E-state index is -0.529. The molecular weight excluding hydrogens is 314 g/mol. The molecule has 1 unspecified atom stereocenters. The molecule has 0 aliphatic rings. The summed E-state index contributed by atoms with van der Waals surface area (Å²) >= 11 is 0. The average molecular weight is 339 g/mol. The molecule has 0 saturated carbocycles. The molecule has 0 fully saturated rings. The molecule has 0 radical (unpaired) electrons. The number of benzene rings is 2. The van der Waals surface area contributed by atoms with Crippen LogP contribution in [0.3, 0.4) is 0 Å². The molecule has 5 nitrogen and oxygen atoms in total. The van der Waals surface area contributed by atoms with E-state index in [-0.39, 0.29) is 11.8 Å². The number of nitrogens with two attached hydrogens (primary N) is 1. The van der Waals surface area contributed by atoms with Crippen molar-refractivity contribution in [3.63, 3.8) is 0 Å². The van der Waals surface area contributed by atoms with Gasteiger partial charge in [0.15, 0.2) is 0 Å². The fourth-order valence-corrected chi connectivity index (χ4v) is 2.80. The predicted octanol–water partition coefficient (Wildman–Crippen LogP) is 1.79. The summed E-state index contributed by atoms with van der Waals surface area (Å²) < 4.78 is 0. The first-order valence-electron chi connectivity index (χ1n) is 8.49. The van der Waals surface area contributed by atoms with Crippen LogP contribution >= 0.6 is 0 Å². The monoisotopic (exact) mass is 339 g/mol. The number of carbonyl (C=O) groups is 2. The first-order valence-corrected chi connectivity index (χ1v) is 8.49. The third kappa shape index (κ3) is 5.24. The van der Waals surface area contributed by atoms with Crippen LogP contribution in [0.1, 0.15) is 29.9 Å². The zero-order valence-electron chi connectivity index (χ0n) is 14.4. The highest BCUT2D eigenvalue weighted by atomic mass is 16.2. The first kappa shape index (κ1) is 18.8. The van der Waals surface area contributed by atoms with E-state index >= 15 is 0 Å². The Morgan fingerprint density at radius 2 is 1.44 bits per heavy atom. The second-order valence-electron chi connectivity index (χ2n) is 5.88. The SMILES string of the molecule is CNC(CCCN)C(=O)NC(=O)C(c1ccccc1)c1ccccc1. The number of rotatable bonds is 8. The number of carbonyl (C=O) groups excluding carboxylic acids is 2. The summed E-state index contributed by atoms with van der Waals surface area (Å²) in [5.41, 5.74) is 7.20. The standard InChI is InChI=1S/C20H25N3O2/c1-22-17(13-8-14-21)19(24)23-20(25)18(15-9-4-2-5-10-15)16-11-6-3-7-12-16/h2-7,9-12,17-18,22H,8,13-14,21H2,1H3,(H,23,24,25). The van der Waals surface area contributed by atoms with Crippen molar-refractivity contribution in [2.75, 3.05) is 13.6 Å². The Labute approximate surface area is 148 Å². The molecule has 2 amide bonds. The van der Waals surface area contributed by atoms with E-state index in [2.05, 4.69) is 10.6 Å². The lowest BCUT2D eigenvalue weighted by Gasteiger charge is -2.20. The minimum Gasteiger partial charge on any atom is -0.330 e. The zero-order chi connectivity index (χ0) is 18.1. The number of hydrogen-bond acceptors (Lipinski definition) is 4. The summed E-state index contributed by atoms with van der Waals surface area (Å²) in [5, 5.41) is 5.50.